The molecule has 0 saturated heterocycles. The van der Waals surface area contributed by atoms with Crippen LogP contribution in [0.5, 0.6) is 23.0 Å². The molecule has 0 aliphatic heterocycles. The Hall–Kier alpha value is -7.48. The van der Waals surface area contributed by atoms with Crippen molar-refractivity contribution in [1.29, 1.82) is 0 Å². The summed E-state index contributed by atoms with van der Waals surface area (Å²) >= 11 is 0. The van der Waals surface area contributed by atoms with Gasteiger partial charge in [-0.1, -0.05) is 0 Å². The van der Waals surface area contributed by atoms with Crippen molar-refractivity contribution >= 4 is 0 Å². The zero-order chi connectivity index (χ0) is 52.3. The monoisotopic (exact) mass is 1020 g/mol. The van der Waals surface area contributed by atoms with Gasteiger partial charge in [-0.05, 0) is 214 Å². The van der Waals surface area contributed by atoms with Gasteiger partial charge in [-0.3, -0.25) is 19.9 Å². The second-order valence-corrected chi connectivity index (χ2v) is 18.3. The first kappa shape index (κ1) is 53.3. The number of fused-ring (bicyclic) bond motifs is 8. The van der Waals surface area contributed by atoms with Gasteiger partial charge >= 0.3 is 0 Å². The zero-order valence-electron chi connectivity index (χ0n) is 44.2. The van der Waals surface area contributed by atoms with Crippen LogP contribution in [0.1, 0.15) is 72.2 Å². The third-order valence-corrected chi connectivity index (χ3v) is 13.3. The minimum absolute atomic E-state index is 0.350. The molecule has 0 atom stereocenters. The van der Waals surface area contributed by atoms with Crippen LogP contribution in [0.25, 0.3) is 44.5 Å². The van der Waals surface area contributed by atoms with Crippen LogP contribution >= 0.6 is 0 Å². The average molecular weight is 1020 g/mol. The highest BCUT2D eigenvalue weighted by molar-refractivity contribution is 5.74. The van der Waals surface area contributed by atoms with Gasteiger partial charge in [-0.25, -0.2) is 0 Å². The smallest absolute Gasteiger partial charge is 0.126 e. The molecule has 4 aromatic carbocycles. The van der Waals surface area contributed by atoms with Crippen LogP contribution < -0.4 is 18.9 Å². The molecule has 0 N–H and O–H groups in total. The summed E-state index contributed by atoms with van der Waals surface area (Å²) in [4.78, 5) is 17.6. The van der Waals surface area contributed by atoms with Gasteiger partial charge in [0.15, 0.2) is 0 Å². The Balaban J connectivity index is 1.38. The van der Waals surface area contributed by atoms with Gasteiger partial charge in [-0.15, -0.1) is 0 Å². The van der Waals surface area contributed by atoms with Crippen molar-refractivity contribution in [2.24, 2.45) is 0 Å². The molecular formula is C64H68N4O8. The number of rotatable bonds is 24. The van der Waals surface area contributed by atoms with Crippen LogP contribution in [-0.4, -0.2) is 99.2 Å². The van der Waals surface area contributed by atoms with Gasteiger partial charge in [0.2, 0.25) is 0 Å². The van der Waals surface area contributed by atoms with E-state index in [1.807, 2.05) is 77.3 Å². The molecule has 0 fully saturated rings. The second kappa shape index (κ2) is 27.3. The van der Waals surface area contributed by atoms with E-state index in [1.54, 1.807) is 0 Å². The molecule has 0 unspecified atom stereocenters. The molecule has 0 saturated carbocycles. The maximum atomic E-state index is 7.04. The Morgan fingerprint density at radius 2 is 0.447 bits per heavy atom. The lowest BCUT2D eigenvalue weighted by Crippen LogP contribution is -2.14. The van der Waals surface area contributed by atoms with E-state index < -0.39 is 0 Å². The quantitative estimate of drug-likeness (QED) is 0.0535. The van der Waals surface area contributed by atoms with Crippen molar-refractivity contribution in [2.75, 3.05) is 79.3 Å². The summed E-state index contributed by atoms with van der Waals surface area (Å²) in [5.41, 5.74) is 16.2. The molecule has 12 nitrogen and oxygen atoms in total. The summed E-state index contributed by atoms with van der Waals surface area (Å²) in [6.45, 7) is 13.4. The molecule has 0 amide bonds. The van der Waals surface area contributed by atoms with Crippen molar-refractivity contribution in [3.05, 3.63) is 191 Å². The second-order valence-electron chi connectivity index (χ2n) is 18.3. The summed E-state index contributed by atoms with van der Waals surface area (Å²) < 4.78 is 51.8. The molecule has 12 heteroatoms. The molecule has 0 radical (unpaired) electrons. The van der Waals surface area contributed by atoms with Gasteiger partial charge in [0.25, 0.3) is 0 Å². The lowest BCUT2D eigenvalue weighted by Gasteiger charge is -2.25. The van der Waals surface area contributed by atoms with Crippen molar-refractivity contribution in [2.45, 2.75) is 53.4 Å². The number of benzene rings is 4. The van der Waals surface area contributed by atoms with Crippen LogP contribution in [-0.2, 0) is 44.6 Å². The number of ether oxygens (including phenoxy) is 8. The average Bonchev–Trinajstić information content (AvgIpc) is 3.46. The lowest BCUT2D eigenvalue weighted by atomic mass is 9.86. The van der Waals surface area contributed by atoms with Gasteiger partial charge in [0.1, 0.15) is 49.4 Å². The topological polar surface area (TPSA) is 125 Å². The maximum absolute atomic E-state index is 7.04. The number of aromatic nitrogens is 4. The van der Waals surface area contributed by atoms with Crippen LogP contribution in [0.3, 0.4) is 0 Å². The highest BCUT2D eigenvalue weighted by atomic mass is 16.5. The van der Waals surface area contributed by atoms with Crippen LogP contribution in [0.4, 0.5) is 0 Å². The van der Waals surface area contributed by atoms with Gasteiger partial charge in [0, 0.05) is 102 Å². The van der Waals surface area contributed by atoms with E-state index in [0.29, 0.717) is 105 Å². The van der Waals surface area contributed by atoms with E-state index in [4.69, 9.17) is 37.9 Å². The highest BCUT2D eigenvalue weighted by Gasteiger charge is 2.26. The van der Waals surface area contributed by atoms with Gasteiger partial charge in [0.05, 0.1) is 26.4 Å². The summed E-state index contributed by atoms with van der Waals surface area (Å²) in [5, 5.41) is 0. The summed E-state index contributed by atoms with van der Waals surface area (Å²) in [7, 11) is 0. The van der Waals surface area contributed by atoms with Crippen LogP contribution in [0.15, 0.2) is 147 Å². The Kier molecular flexibility index (Phi) is 19.2. The van der Waals surface area contributed by atoms with E-state index in [1.165, 1.54) is 0 Å². The summed E-state index contributed by atoms with van der Waals surface area (Å²) in [6, 6.07) is 34.5. The zero-order valence-corrected chi connectivity index (χ0v) is 44.2. The fraction of sp³-hybridized carbons (Fsp3) is 0.312. The Labute approximate surface area is 447 Å². The summed E-state index contributed by atoms with van der Waals surface area (Å²) in [5.74, 6) is 3.14. The molecule has 8 bridgehead atoms. The number of pyridine rings is 4. The van der Waals surface area contributed by atoms with E-state index in [9.17, 15) is 0 Å². The molecule has 4 aromatic heterocycles. The molecule has 0 spiro atoms. The number of hydrogen-bond donors (Lipinski definition) is 0. The maximum Gasteiger partial charge on any atom is 0.126 e. The highest BCUT2D eigenvalue weighted by Crippen LogP contribution is 2.44. The fourth-order valence-corrected chi connectivity index (χ4v) is 9.86. The summed E-state index contributed by atoms with van der Waals surface area (Å²) in [6.07, 6.45) is 16.6. The minimum Gasteiger partial charge on any atom is -0.491 e. The minimum atomic E-state index is 0.350. The largest absolute Gasteiger partial charge is 0.491 e. The molecule has 1 aliphatic rings. The van der Waals surface area contributed by atoms with E-state index >= 15 is 0 Å². The first-order valence-electron chi connectivity index (χ1n) is 26.6. The predicted octanol–water partition coefficient (Wildman–Crippen LogP) is 12.3. The Bertz CT molecular complexity index is 2590. The Morgan fingerprint density at radius 3 is 0.618 bits per heavy atom. The lowest BCUT2D eigenvalue weighted by molar-refractivity contribution is 0.108. The standard InChI is InChI=1S/C64H68N4O8/c1-5-69-25-29-73-61-53-33-49(45-9-17-65-18-10-45)34-54(61)42-56-36-51(47-13-21-67-22-14-47)38-58(63(56)75-31-27-71-7-3)44-60-40-52(48-15-23-68-24-16-48)39-59(64(60)76-32-28-72-8-4)43-57-37-50(46-11-19-66-20-12-46)35-55(41-53)62(57)74-30-26-70-6-2/h9-24,33-40H,5-8,25-32,41-44H2,1-4H3. The van der Waals surface area contributed by atoms with Crippen LogP contribution in [0, 0.1) is 0 Å². The Morgan fingerprint density at radius 1 is 0.263 bits per heavy atom. The van der Waals surface area contributed by atoms with Crippen molar-refractivity contribution < 1.29 is 37.9 Å². The van der Waals surface area contributed by atoms with Crippen molar-refractivity contribution in [1.82, 2.24) is 19.9 Å². The fourth-order valence-electron chi connectivity index (χ4n) is 9.86. The van der Waals surface area contributed by atoms with Gasteiger partial charge < -0.3 is 37.9 Å². The van der Waals surface area contributed by atoms with E-state index in [-0.39, 0.29) is 0 Å². The molecule has 8 aromatic rings. The molecule has 9 rings (SSSR count). The number of hydrogen-bond acceptors (Lipinski definition) is 12. The van der Waals surface area contributed by atoms with Crippen LogP contribution in [0.2, 0.25) is 0 Å². The van der Waals surface area contributed by atoms with Crippen molar-refractivity contribution in [3.8, 4) is 67.5 Å². The third kappa shape index (κ3) is 13.7. The predicted molar refractivity (Wildman–Crippen MR) is 298 cm³/mol. The molecule has 392 valence electrons. The number of nitrogens with zero attached hydrogens (tertiary/aromatic N) is 4. The third-order valence-electron chi connectivity index (χ3n) is 13.3. The van der Waals surface area contributed by atoms with E-state index in [2.05, 4.69) is 117 Å². The SMILES string of the molecule is CCOCCOc1c2cc(-c3ccncc3)cc1Cc1cc(-c3ccncc3)cc(c1OCCOCC)Cc1cc(-c3ccncc3)cc(c1OCCOCC)Cc1cc(-c3ccncc3)cc(c1OCCOCC)C2. The molecule has 76 heavy (non-hydrogen) atoms. The first-order chi connectivity index (χ1) is 37.5. The molecule has 4 heterocycles. The van der Waals surface area contributed by atoms with Gasteiger partial charge in [-0.2, -0.15) is 0 Å². The van der Waals surface area contributed by atoms with Crippen molar-refractivity contribution in [3.63, 3.8) is 0 Å². The van der Waals surface area contributed by atoms with E-state index in [0.717, 1.165) is 112 Å². The normalized spacial score (nSPS) is 12.1. The first-order valence-corrected chi connectivity index (χ1v) is 26.6. The molecular weight excluding hydrogens is 953 g/mol. The molecule has 1 aliphatic carbocycles.